The second-order valence-corrected chi connectivity index (χ2v) is 7.04. The van der Waals surface area contributed by atoms with Gasteiger partial charge in [0.15, 0.2) is 0 Å². The van der Waals surface area contributed by atoms with Crippen LogP contribution in [0.5, 0.6) is 0 Å². The molecule has 0 fully saturated rings. The molecule has 1 heterocycles. The molecule has 0 aliphatic heterocycles. The Morgan fingerprint density at radius 1 is 0.968 bits per heavy atom. The molecule has 1 aromatic heterocycles. The van der Waals surface area contributed by atoms with Gasteiger partial charge in [0.25, 0.3) is 0 Å². The number of aromatic nitrogens is 1. The smallest absolute Gasteiger partial charge is 0.132 e. The van der Waals surface area contributed by atoms with E-state index in [0.29, 0.717) is 12.4 Å². The Labute approximate surface area is 182 Å². The summed E-state index contributed by atoms with van der Waals surface area (Å²) in [5.41, 5.74) is 18.4. The van der Waals surface area contributed by atoms with Crippen molar-refractivity contribution in [2.75, 3.05) is 6.67 Å². The molecule has 4 N–H and O–H groups in total. The van der Waals surface area contributed by atoms with Gasteiger partial charge in [-0.25, -0.2) is 4.99 Å². The Balaban J connectivity index is 1.63. The minimum absolute atomic E-state index is 0.170. The van der Waals surface area contributed by atoms with E-state index < -0.39 is 0 Å². The van der Waals surface area contributed by atoms with Crippen molar-refractivity contribution in [1.29, 1.82) is 0 Å². The van der Waals surface area contributed by atoms with Crippen LogP contribution in [0, 0.1) is 11.8 Å². The number of hydrogen-bond donors (Lipinski definition) is 2. The predicted molar refractivity (Wildman–Crippen MR) is 128 cm³/mol. The lowest BCUT2D eigenvalue weighted by Gasteiger charge is -2.16. The van der Waals surface area contributed by atoms with Crippen molar-refractivity contribution in [3.8, 4) is 11.8 Å². The van der Waals surface area contributed by atoms with Crippen LogP contribution < -0.4 is 11.5 Å². The van der Waals surface area contributed by atoms with Crippen molar-refractivity contribution in [2.24, 2.45) is 21.5 Å². The molecule has 1 aliphatic carbocycles. The summed E-state index contributed by atoms with van der Waals surface area (Å²) in [6, 6.07) is 20.3. The number of benzene rings is 2. The number of nitrogens with two attached hydrogens (primary N) is 2. The number of fused-ring (bicyclic) bond motifs is 1. The molecule has 0 radical (unpaired) electrons. The maximum absolute atomic E-state index is 6.00. The van der Waals surface area contributed by atoms with Gasteiger partial charge in [-0.05, 0) is 54.8 Å². The van der Waals surface area contributed by atoms with E-state index in [1.807, 2.05) is 66.9 Å². The molecule has 152 valence electrons. The summed E-state index contributed by atoms with van der Waals surface area (Å²) in [6.07, 6.45) is 5.99. The van der Waals surface area contributed by atoms with E-state index >= 15 is 0 Å². The lowest BCUT2D eigenvalue weighted by atomic mass is 9.96. The lowest BCUT2D eigenvalue weighted by Crippen LogP contribution is -2.16. The normalized spacial score (nSPS) is 15.2. The molecule has 31 heavy (non-hydrogen) atoms. The Morgan fingerprint density at radius 3 is 2.52 bits per heavy atom. The number of rotatable bonds is 4. The molecule has 5 heteroatoms. The molecule has 2 aromatic carbocycles. The second-order valence-electron chi connectivity index (χ2n) is 7.04. The molecule has 0 saturated carbocycles. The summed E-state index contributed by atoms with van der Waals surface area (Å²) < 4.78 is 2.18. The summed E-state index contributed by atoms with van der Waals surface area (Å²) in [4.78, 5) is 8.30. The van der Waals surface area contributed by atoms with Crippen molar-refractivity contribution in [2.45, 2.75) is 6.54 Å². The van der Waals surface area contributed by atoms with Gasteiger partial charge in [0.1, 0.15) is 5.82 Å². The fourth-order valence-electron chi connectivity index (χ4n) is 3.56. The SMILES string of the molecule is C=N/C(N)=C1/C=Cc2c(ccn2Cc2cccc(C#Cc3ccccc3)c2)/C1=N/CN. The number of nitrogens with zero attached hydrogens (tertiary/aromatic N) is 3. The van der Waals surface area contributed by atoms with Gasteiger partial charge in [0.2, 0.25) is 0 Å². The summed E-state index contributed by atoms with van der Waals surface area (Å²) in [7, 11) is 0. The Morgan fingerprint density at radius 2 is 1.74 bits per heavy atom. The zero-order valence-corrected chi connectivity index (χ0v) is 17.1. The van der Waals surface area contributed by atoms with Crippen molar-refractivity contribution in [3.63, 3.8) is 0 Å². The average molecular weight is 406 g/mol. The Kier molecular flexibility index (Phi) is 5.93. The van der Waals surface area contributed by atoms with Gasteiger partial charge in [-0.2, -0.15) is 0 Å². The van der Waals surface area contributed by atoms with Gasteiger partial charge in [0, 0.05) is 35.0 Å². The molecular formula is C26H23N5. The van der Waals surface area contributed by atoms with Gasteiger partial charge >= 0.3 is 0 Å². The number of allylic oxidation sites excluding steroid dienone is 2. The molecule has 0 bridgehead atoms. The van der Waals surface area contributed by atoms with Crippen LogP contribution in [0.1, 0.15) is 27.9 Å². The van der Waals surface area contributed by atoms with E-state index in [4.69, 9.17) is 11.5 Å². The molecule has 0 atom stereocenters. The van der Waals surface area contributed by atoms with Crippen LogP contribution in [-0.4, -0.2) is 23.7 Å². The number of aliphatic imine (C=N–C) groups is 2. The Hall–Kier alpha value is -4.14. The van der Waals surface area contributed by atoms with E-state index in [1.165, 1.54) is 0 Å². The quantitative estimate of drug-likeness (QED) is 0.514. The molecule has 4 rings (SSSR count). The first kappa shape index (κ1) is 20.1. The highest BCUT2D eigenvalue weighted by Crippen LogP contribution is 2.26. The zero-order valence-electron chi connectivity index (χ0n) is 17.1. The van der Waals surface area contributed by atoms with E-state index in [1.54, 1.807) is 0 Å². The van der Waals surface area contributed by atoms with Gasteiger partial charge in [-0.15, -0.1) is 0 Å². The van der Waals surface area contributed by atoms with Gasteiger partial charge in [-0.3, -0.25) is 4.99 Å². The van der Waals surface area contributed by atoms with Crippen LogP contribution in [0.4, 0.5) is 0 Å². The fraction of sp³-hybridized carbons (Fsp3) is 0.0769. The third-order valence-electron chi connectivity index (χ3n) is 5.03. The molecular weight excluding hydrogens is 382 g/mol. The third kappa shape index (κ3) is 4.40. The average Bonchev–Trinajstić information content (AvgIpc) is 3.21. The molecule has 5 nitrogen and oxygen atoms in total. The van der Waals surface area contributed by atoms with E-state index in [9.17, 15) is 0 Å². The Bertz CT molecular complexity index is 1260. The number of hydrogen-bond acceptors (Lipinski definition) is 4. The first-order valence-corrected chi connectivity index (χ1v) is 9.94. The summed E-state index contributed by atoms with van der Waals surface area (Å²) >= 11 is 0. The second kappa shape index (κ2) is 9.12. The standard InChI is InChI=1S/C26H23N5/c1-29-26(28)23-12-13-24-22(25(23)30-18-27)14-15-31(24)17-21-9-5-8-20(16-21)11-10-19-6-3-2-4-7-19/h2-9,12-16H,1,17-18,27-28H2/b26-23-,30-25-. The van der Waals surface area contributed by atoms with Crippen molar-refractivity contribution >= 4 is 18.5 Å². The molecule has 3 aromatic rings. The third-order valence-corrected chi connectivity index (χ3v) is 5.03. The van der Waals surface area contributed by atoms with Crippen molar-refractivity contribution < 1.29 is 0 Å². The monoisotopic (exact) mass is 405 g/mol. The maximum atomic E-state index is 6.00. The minimum Gasteiger partial charge on any atom is -0.383 e. The van der Waals surface area contributed by atoms with Crippen molar-refractivity contribution in [3.05, 3.63) is 112 Å². The first-order valence-electron chi connectivity index (χ1n) is 9.94. The van der Waals surface area contributed by atoms with E-state index in [2.05, 4.69) is 45.2 Å². The highest BCUT2D eigenvalue weighted by atomic mass is 15.0. The van der Waals surface area contributed by atoms with E-state index in [-0.39, 0.29) is 6.67 Å². The topological polar surface area (TPSA) is 81.7 Å². The van der Waals surface area contributed by atoms with Crippen LogP contribution >= 0.6 is 0 Å². The fourth-order valence-corrected chi connectivity index (χ4v) is 3.56. The van der Waals surface area contributed by atoms with Crippen LogP contribution in [0.3, 0.4) is 0 Å². The maximum Gasteiger partial charge on any atom is 0.132 e. The van der Waals surface area contributed by atoms with Crippen LogP contribution in [0.25, 0.3) is 6.08 Å². The van der Waals surface area contributed by atoms with Gasteiger partial charge in [0.05, 0.1) is 18.1 Å². The zero-order chi connectivity index (χ0) is 21.6. The molecule has 1 aliphatic rings. The first-order chi connectivity index (χ1) is 15.2. The van der Waals surface area contributed by atoms with Gasteiger partial charge < -0.3 is 16.0 Å². The molecule has 0 amide bonds. The van der Waals surface area contributed by atoms with Crippen LogP contribution in [0.2, 0.25) is 0 Å². The highest BCUT2D eigenvalue weighted by Gasteiger charge is 2.21. The van der Waals surface area contributed by atoms with Gasteiger partial charge in [-0.1, -0.05) is 42.2 Å². The van der Waals surface area contributed by atoms with Crippen LogP contribution in [-0.2, 0) is 6.54 Å². The lowest BCUT2D eigenvalue weighted by molar-refractivity contribution is 0.796. The highest BCUT2D eigenvalue weighted by molar-refractivity contribution is 6.18. The van der Waals surface area contributed by atoms with Crippen molar-refractivity contribution in [1.82, 2.24) is 4.57 Å². The largest absolute Gasteiger partial charge is 0.383 e. The molecule has 0 unspecified atom stereocenters. The summed E-state index contributed by atoms with van der Waals surface area (Å²) in [6.45, 7) is 4.40. The molecule has 0 saturated heterocycles. The summed E-state index contributed by atoms with van der Waals surface area (Å²) in [5, 5.41) is 0. The molecule has 0 spiro atoms. The predicted octanol–water partition coefficient (Wildman–Crippen LogP) is 3.54. The van der Waals surface area contributed by atoms with E-state index in [0.717, 1.165) is 39.2 Å². The minimum atomic E-state index is 0.170. The van der Waals surface area contributed by atoms with Crippen LogP contribution in [0.15, 0.2) is 94.3 Å². The summed E-state index contributed by atoms with van der Waals surface area (Å²) in [5.74, 6) is 6.80.